The third-order valence-electron chi connectivity index (χ3n) is 2.50. The summed E-state index contributed by atoms with van der Waals surface area (Å²) in [5.74, 6) is 0.647. The molecule has 0 saturated heterocycles. The van der Waals surface area contributed by atoms with E-state index in [1.54, 1.807) is 17.5 Å². The van der Waals surface area contributed by atoms with Crippen LogP contribution in [0.3, 0.4) is 0 Å². The summed E-state index contributed by atoms with van der Waals surface area (Å²) in [5, 5.41) is 4.03. The number of benzene rings is 1. The first-order valence-corrected chi connectivity index (χ1v) is 6.61. The summed E-state index contributed by atoms with van der Waals surface area (Å²) in [6.45, 7) is 2.83. The van der Waals surface area contributed by atoms with Crippen molar-refractivity contribution in [3.8, 4) is 10.7 Å². The molecule has 0 atom stereocenters. The molecule has 0 amide bonds. The lowest BCUT2D eigenvalue weighted by Gasteiger charge is -2.01. The molecule has 0 fully saturated rings. The van der Waals surface area contributed by atoms with Gasteiger partial charge in [0.15, 0.2) is 0 Å². The molecule has 4 nitrogen and oxygen atoms in total. The first-order valence-electron chi connectivity index (χ1n) is 5.79. The predicted octanol–water partition coefficient (Wildman–Crippen LogP) is 3.19. The van der Waals surface area contributed by atoms with Gasteiger partial charge in [0.05, 0.1) is 10.2 Å². The highest BCUT2D eigenvalue weighted by Gasteiger charge is 2.07. The zero-order valence-corrected chi connectivity index (χ0v) is 10.7. The van der Waals surface area contributed by atoms with Gasteiger partial charge in [-0.15, -0.1) is 11.3 Å². The van der Waals surface area contributed by atoms with E-state index in [9.17, 15) is 0 Å². The summed E-state index contributed by atoms with van der Waals surface area (Å²) in [5.41, 5.74) is 1.88. The smallest absolute Gasteiger partial charge is 0.223 e. The molecule has 2 aromatic heterocycles. The molecule has 0 bridgehead atoms. The number of aromatic nitrogens is 3. The molecule has 0 aliphatic carbocycles. The third-order valence-corrected chi connectivity index (χ3v) is 3.56. The van der Waals surface area contributed by atoms with Crippen molar-refractivity contribution in [1.82, 2.24) is 15.0 Å². The minimum Gasteiger partial charge on any atom is -0.354 e. The zero-order chi connectivity index (χ0) is 12.4. The summed E-state index contributed by atoms with van der Waals surface area (Å²) >= 11 is 1.65. The van der Waals surface area contributed by atoms with Gasteiger partial charge in [0, 0.05) is 12.7 Å². The first-order chi connectivity index (χ1) is 8.86. The number of hydrogen-bond donors (Lipinski definition) is 1. The number of fused-ring (bicyclic) bond motifs is 1. The SMILES string of the molecule is CCNc1nccc(-c2nc3ccccc3s2)n1. The average molecular weight is 256 g/mol. The van der Waals surface area contributed by atoms with Gasteiger partial charge in [0.2, 0.25) is 5.95 Å². The van der Waals surface area contributed by atoms with E-state index in [1.807, 2.05) is 31.2 Å². The molecule has 3 aromatic rings. The van der Waals surface area contributed by atoms with E-state index in [4.69, 9.17) is 0 Å². The molecule has 1 aromatic carbocycles. The first kappa shape index (κ1) is 11.1. The van der Waals surface area contributed by atoms with Gasteiger partial charge in [-0.05, 0) is 25.1 Å². The zero-order valence-electron chi connectivity index (χ0n) is 9.92. The quantitative estimate of drug-likeness (QED) is 0.782. The van der Waals surface area contributed by atoms with Crippen LogP contribution in [0.4, 0.5) is 5.95 Å². The number of rotatable bonds is 3. The number of thiazole rings is 1. The van der Waals surface area contributed by atoms with E-state index in [-0.39, 0.29) is 0 Å². The summed E-state index contributed by atoms with van der Waals surface area (Å²) in [6.07, 6.45) is 1.76. The van der Waals surface area contributed by atoms with Gasteiger partial charge in [-0.3, -0.25) is 0 Å². The van der Waals surface area contributed by atoms with Crippen LogP contribution in [-0.4, -0.2) is 21.5 Å². The second kappa shape index (κ2) is 4.70. The maximum Gasteiger partial charge on any atom is 0.223 e. The Labute approximate surface area is 109 Å². The van der Waals surface area contributed by atoms with Crippen molar-refractivity contribution in [3.05, 3.63) is 36.5 Å². The lowest BCUT2D eigenvalue weighted by molar-refractivity contribution is 1.09. The minimum absolute atomic E-state index is 0.647. The van der Waals surface area contributed by atoms with E-state index >= 15 is 0 Å². The van der Waals surface area contributed by atoms with Gasteiger partial charge in [-0.1, -0.05) is 12.1 Å². The van der Waals surface area contributed by atoms with Crippen molar-refractivity contribution >= 4 is 27.5 Å². The largest absolute Gasteiger partial charge is 0.354 e. The van der Waals surface area contributed by atoms with Gasteiger partial charge >= 0.3 is 0 Å². The molecule has 0 aliphatic heterocycles. The number of nitrogens with one attached hydrogen (secondary N) is 1. The molecule has 0 radical (unpaired) electrons. The van der Waals surface area contributed by atoms with Crippen LogP contribution < -0.4 is 5.32 Å². The van der Waals surface area contributed by atoms with Gasteiger partial charge in [-0.2, -0.15) is 0 Å². The Morgan fingerprint density at radius 1 is 1.17 bits per heavy atom. The highest BCUT2D eigenvalue weighted by Crippen LogP contribution is 2.28. The van der Waals surface area contributed by atoms with Crippen LogP contribution in [0.5, 0.6) is 0 Å². The highest BCUT2D eigenvalue weighted by atomic mass is 32.1. The average Bonchev–Trinajstić information content (AvgIpc) is 2.83. The van der Waals surface area contributed by atoms with Crippen molar-refractivity contribution in [1.29, 1.82) is 0 Å². The number of anilines is 1. The maximum absolute atomic E-state index is 4.58. The molecule has 0 saturated carbocycles. The Balaban J connectivity index is 2.05. The molecule has 1 N–H and O–H groups in total. The van der Waals surface area contributed by atoms with Gasteiger partial charge in [0.25, 0.3) is 0 Å². The van der Waals surface area contributed by atoms with E-state index < -0.39 is 0 Å². The third kappa shape index (κ3) is 2.04. The van der Waals surface area contributed by atoms with Gasteiger partial charge in [0.1, 0.15) is 10.7 Å². The Hall–Kier alpha value is -2.01. The maximum atomic E-state index is 4.58. The molecular formula is C13H12N4S. The molecule has 5 heteroatoms. The summed E-state index contributed by atoms with van der Waals surface area (Å²) in [4.78, 5) is 13.2. The van der Waals surface area contributed by atoms with E-state index in [1.165, 1.54) is 4.70 Å². The second-order valence-corrected chi connectivity index (χ2v) is 4.81. The molecule has 0 spiro atoms. The topological polar surface area (TPSA) is 50.7 Å². The monoisotopic (exact) mass is 256 g/mol. The normalized spacial score (nSPS) is 10.7. The minimum atomic E-state index is 0.647. The molecule has 0 aliphatic rings. The van der Waals surface area contributed by atoms with Crippen LogP contribution in [0, 0.1) is 0 Å². The molecule has 90 valence electrons. The molecule has 3 rings (SSSR count). The Bertz CT molecular complexity index is 644. The van der Waals surface area contributed by atoms with Crippen molar-refractivity contribution in [2.45, 2.75) is 6.92 Å². The van der Waals surface area contributed by atoms with E-state index in [0.29, 0.717) is 5.95 Å². The van der Waals surface area contributed by atoms with Crippen LogP contribution in [0.25, 0.3) is 20.9 Å². The number of nitrogens with zero attached hydrogens (tertiary/aromatic N) is 3. The van der Waals surface area contributed by atoms with Crippen LogP contribution in [0.2, 0.25) is 0 Å². The van der Waals surface area contributed by atoms with Gasteiger partial charge in [-0.25, -0.2) is 15.0 Å². The van der Waals surface area contributed by atoms with Crippen LogP contribution >= 0.6 is 11.3 Å². The van der Waals surface area contributed by atoms with Crippen LogP contribution in [-0.2, 0) is 0 Å². The van der Waals surface area contributed by atoms with Gasteiger partial charge < -0.3 is 5.32 Å². The molecule has 0 unspecified atom stereocenters. The predicted molar refractivity (Wildman–Crippen MR) is 74.8 cm³/mol. The lowest BCUT2D eigenvalue weighted by Crippen LogP contribution is -2.01. The van der Waals surface area contributed by atoms with E-state index in [0.717, 1.165) is 22.8 Å². The fraction of sp³-hybridized carbons (Fsp3) is 0.154. The lowest BCUT2D eigenvalue weighted by atomic mass is 10.3. The summed E-state index contributed by atoms with van der Waals surface area (Å²) in [7, 11) is 0. The van der Waals surface area contributed by atoms with Crippen molar-refractivity contribution in [2.24, 2.45) is 0 Å². The molecule has 18 heavy (non-hydrogen) atoms. The number of hydrogen-bond acceptors (Lipinski definition) is 5. The fourth-order valence-electron chi connectivity index (χ4n) is 1.70. The highest BCUT2D eigenvalue weighted by molar-refractivity contribution is 7.21. The molecular weight excluding hydrogens is 244 g/mol. The Kier molecular flexibility index (Phi) is 2.90. The van der Waals surface area contributed by atoms with Crippen molar-refractivity contribution in [3.63, 3.8) is 0 Å². The second-order valence-electron chi connectivity index (χ2n) is 3.78. The molecule has 2 heterocycles. The summed E-state index contributed by atoms with van der Waals surface area (Å²) in [6, 6.07) is 9.99. The summed E-state index contributed by atoms with van der Waals surface area (Å²) < 4.78 is 1.18. The van der Waals surface area contributed by atoms with Crippen molar-refractivity contribution < 1.29 is 0 Å². The Morgan fingerprint density at radius 3 is 2.89 bits per heavy atom. The Morgan fingerprint density at radius 2 is 2.06 bits per heavy atom. The number of para-hydroxylation sites is 1. The standard InChI is InChI=1S/C13H12N4S/c1-2-14-13-15-8-7-10(17-13)12-16-9-5-3-4-6-11(9)18-12/h3-8H,2H2,1H3,(H,14,15,17). The fourth-order valence-corrected chi connectivity index (χ4v) is 2.64. The van der Waals surface area contributed by atoms with Crippen LogP contribution in [0.15, 0.2) is 36.5 Å². The van der Waals surface area contributed by atoms with Crippen LogP contribution in [0.1, 0.15) is 6.92 Å². The van der Waals surface area contributed by atoms with E-state index in [2.05, 4.69) is 26.3 Å². The van der Waals surface area contributed by atoms with Crippen molar-refractivity contribution in [2.75, 3.05) is 11.9 Å².